The summed E-state index contributed by atoms with van der Waals surface area (Å²) in [4.78, 5) is 14.7. The summed E-state index contributed by atoms with van der Waals surface area (Å²) >= 11 is 0.815. The number of rotatable bonds is 3. The highest BCUT2D eigenvalue weighted by molar-refractivity contribution is 6.34. The fraction of sp³-hybridized carbons (Fsp3) is 0.364. The maximum Gasteiger partial charge on any atom is 0.356 e. The average molecular weight is 222 g/mol. The molecule has 0 atom stereocenters. The molecule has 0 fully saturated rings. The molecule has 0 aliphatic carbocycles. The van der Waals surface area contributed by atoms with Crippen molar-refractivity contribution >= 4 is 21.2 Å². The average Bonchev–Trinajstić information content (AvgIpc) is 2.31. The zero-order valence-corrected chi connectivity index (χ0v) is 10.4. The van der Waals surface area contributed by atoms with E-state index in [2.05, 4.69) is 24.6 Å². The van der Waals surface area contributed by atoms with Gasteiger partial charge in [0.1, 0.15) is 0 Å². The van der Waals surface area contributed by atoms with E-state index in [-0.39, 0.29) is 0 Å². The van der Waals surface area contributed by atoms with E-state index < -0.39 is 5.97 Å². The molecule has 1 rings (SSSR count). The van der Waals surface area contributed by atoms with Crippen LogP contribution in [0.4, 0.5) is 0 Å². The quantitative estimate of drug-likeness (QED) is 0.630. The fourth-order valence-corrected chi connectivity index (χ4v) is 1.51. The summed E-state index contributed by atoms with van der Waals surface area (Å²) < 4.78 is 0. The Morgan fingerprint density at radius 2 is 1.80 bits per heavy atom. The van der Waals surface area contributed by atoms with Gasteiger partial charge in [0, 0.05) is 0 Å². The standard InChI is InChI=1S/C7H7NO2.2C2H5.Al/c8-10-7(9)6-4-2-1-3-5-6;2*1-2;/h1-5H,8H2;2*1H2,2H3;. The van der Waals surface area contributed by atoms with Gasteiger partial charge in [-0.15, -0.1) is 10.6 Å². The van der Waals surface area contributed by atoms with Gasteiger partial charge in [0.2, 0.25) is 0 Å². The fourth-order valence-electron chi connectivity index (χ4n) is 0.931. The minimum Gasteiger partial charge on any atom is -0.370 e. The molecular weight excluding hydrogens is 205 g/mol. The van der Waals surface area contributed by atoms with Crippen LogP contribution in [0.2, 0.25) is 10.6 Å². The number of benzene rings is 1. The van der Waals surface area contributed by atoms with Crippen molar-refractivity contribution in [1.82, 2.24) is 0 Å². The lowest BCUT2D eigenvalue weighted by molar-refractivity contribution is 0.0503. The van der Waals surface area contributed by atoms with Crippen LogP contribution in [0.25, 0.3) is 0 Å². The molecule has 0 saturated heterocycles. The monoisotopic (exact) mass is 222 g/mol. The molecule has 15 heavy (non-hydrogen) atoms. The zero-order chi connectivity index (χ0) is 11.5. The molecule has 1 aromatic carbocycles. The molecule has 2 N–H and O–H groups in total. The largest absolute Gasteiger partial charge is 0.370 e. The maximum absolute atomic E-state index is 10.7. The maximum atomic E-state index is 10.7. The molecule has 0 spiro atoms. The Morgan fingerprint density at radius 3 is 2.13 bits per heavy atom. The second kappa shape index (κ2) is 9.73. The van der Waals surface area contributed by atoms with E-state index in [9.17, 15) is 4.79 Å². The summed E-state index contributed by atoms with van der Waals surface area (Å²) in [5.74, 6) is 4.14. The van der Waals surface area contributed by atoms with Crippen molar-refractivity contribution in [3.63, 3.8) is 0 Å². The van der Waals surface area contributed by atoms with Crippen LogP contribution in [0.3, 0.4) is 0 Å². The molecule has 0 aliphatic rings. The van der Waals surface area contributed by atoms with Crippen molar-refractivity contribution in [3.8, 4) is 0 Å². The van der Waals surface area contributed by atoms with Crippen molar-refractivity contribution in [2.24, 2.45) is 5.90 Å². The molecule has 1 radical (unpaired) electrons. The lowest BCUT2D eigenvalue weighted by Gasteiger charge is -1.94. The first-order valence-corrected chi connectivity index (χ1v) is 6.67. The van der Waals surface area contributed by atoms with E-state index in [1.807, 2.05) is 6.07 Å². The molecule has 4 heteroatoms. The molecule has 0 heterocycles. The van der Waals surface area contributed by atoms with Gasteiger partial charge in [-0.05, 0) is 12.1 Å². The summed E-state index contributed by atoms with van der Waals surface area (Å²) in [7, 11) is 0. The van der Waals surface area contributed by atoms with Gasteiger partial charge in [-0.25, -0.2) is 4.79 Å². The van der Waals surface area contributed by atoms with Crippen LogP contribution in [-0.2, 0) is 4.84 Å². The van der Waals surface area contributed by atoms with Gasteiger partial charge in [-0.2, -0.15) is 5.90 Å². The van der Waals surface area contributed by atoms with Gasteiger partial charge in [-0.1, -0.05) is 32.0 Å². The summed E-state index contributed by atoms with van der Waals surface area (Å²) in [5, 5.41) is 2.85. The van der Waals surface area contributed by atoms with Crippen LogP contribution in [0.15, 0.2) is 30.3 Å². The van der Waals surface area contributed by atoms with Crippen LogP contribution >= 0.6 is 0 Å². The number of nitrogens with two attached hydrogens (primary N) is 1. The number of hydrogen-bond donors (Lipinski definition) is 1. The summed E-state index contributed by atoms with van der Waals surface area (Å²) in [6.45, 7) is 4.50. The van der Waals surface area contributed by atoms with Crippen LogP contribution in [0, 0.1) is 0 Å². The summed E-state index contributed by atoms with van der Waals surface area (Å²) in [5.41, 5.74) is 0.463. The number of hydrogen-bond acceptors (Lipinski definition) is 3. The first kappa shape index (κ1) is 14.2. The summed E-state index contributed by atoms with van der Waals surface area (Å²) in [6, 6.07) is 8.57. The van der Waals surface area contributed by atoms with Crippen LogP contribution in [0.5, 0.6) is 0 Å². The number of carbonyl (C=O) groups excluding carboxylic acids is 1. The lowest BCUT2D eigenvalue weighted by atomic mass is 10.2. The van der Waals surface area contributed by atoms with Crippen molar-refractivity contribution in [2.75, 3.05) is 0 Å². The van der Waals surface area contributed by atoms with E-state index in [4.69, 9.17) is 0 Å². The Labute approximate surface area is 97.3 Å². The predicted molar refractivity (Wildman–Crippen MR) is 62.8 cm³/mol. The SMILES string of the molecule is C[CH2][Al][CH2]C.NOC(=O)c1ccccc1. The smallest absolute Gasteiger partial charge is 0.356 e. The van der Waals surface area contributed by atoms with E-state index in [1.54, 1.807) is 24.3 Å². The third kappa shape index (κ3) is 7.15. The topological polar surface area (TPSA) is 52.3 Å². The molecule has 0 saturated carbocycles. The van der Waals surface area contributed by atoms with Crippen LogP contribution in [-0.4, -0.2) is 21.2 Å². The molecule has 0 bridgehead atoms. The zero-order valence-electron chi connectivity index (χ0n) is 9.27. The van der Waals surface area contributed by atoms with E-state index in [1.165, 1.54) is 10.6 Å². The Kier molecular flexibility index (Phi) is 9.20. The molecule has 0 unspecified atom stereocenters. The molecular formula is C11H17AlNO2. The van der Waals surface area contributed by atoms with E-state index in [0.717, 1.165) is 15.2 Å². The van der Waals surface area contributed by atoms with Gasteiger partial charge in [-0.3, -0.25) is 0 Å². The predicted octanol–water partition coefficient (Wildman–Crippen LogP) is 2.28. The van der Waals surface area contributed by atoms with Crippen molar-refractivity contribution in [1.29, 1.82) is 0 Å². The van der Waals surface area contributed by atoms with Crippen LogP contribution < -0.4 is 5.90 Å². The Morgan fingerprint density at radius 1 is 1.27 bits per heavy atom. The number of carbonyl (C=O) groups is 1. The van der Waals surface area contributed by atoms with Crippen molar-refractivity contribution in [3.05, 3.63) is 35.9 Å². The first-order chi connectivity index (χ1) is 7.26. The minimum absolute atomic E-state index is 0.463. The second-order valence-corrected chi connectivity index (χ2v) is 5.09. The Bertz CT molecular complexity index is 263. The second-order valence-electron chi connectivity index (χ2n) is 2.88. The molecule has 3 nitrogen and oxygen atoms in total. The highest BCUT2D eigenvalue weighted by atomic mass is 27.1. The normalized spacial score (nSPS) is 8.47. The van der Waals surface area contributed by atoms with Crippen molar-refractivity contribution in [2.45, 2.75) is 24.4 Å². The van der Waals surface area contributed by atoms with Gasteiger partial charge < -0.3 is 4.84 Å². The van der Waals surface area contributed by atoms with Crippen molar-refractivity contribution < 1.29 is 9.63 Å². The van der Waals surface area contributed by atoms with Gasteiger partial charge >= 0.3 is 5.97 Å². The van der Waals surface area contributed by atoms with Crippen LogP contribution in [0.1, 0.15) is 24.2 Å². The molecule has 81 valence electrons. The molecule has 0 amide bonds. The van der Waals surface area contributed by atoms with E-state index >= 15 is 0 Å². The Balaban J connectivity index is 0.000000336. The molecule has 0 aromatic heterocycles. The van der Waals surface area contributed by atoms with Gasteiger partial charge in [0.05, 0.1) is 5.56 Å². The van der Waals surface area contributed by atoms with E-state index in [0.29, 0.717) is 5.56 Å². The molecule has 0 aliphatic heterocycles. The minimum atomic E-state index is -0.513. The highest BCUT2D eigenvalue weighted by Crippen LogP contribution is 1.98. The molecule has 1 aromatic rings. The lowest BCUT2D eigenvalue weighted by Crippen LogP contribution is -2.09. The highest BCUT2D eigenvalue weighted by Gasteiger charge is 2.01. The van der Waals surface area contributed by atoms with Gasteiger partial charge in [0.25, 0.3) is 0 Å². The van der Waals surface area contributed by atoms with Gasteiger partial charge in [0.15, 0.2) is 15.2 Å². The third-order valence-electron chi connectivity index (χ3n) is 1.69. The summed E-state index contributed by atoms with van der Waals surface area (Å²) in [6.07, 6.45) is 0. The third-order valence-corrected chi connectivity index (χ3v) is 2.85. The Hall–Kier alpha value is -0.818. The first-order valence-electron chi connectivity index (χ1n) is 5.04.